The van der Waals surface area contributed by atoms with Gasteiger partial charge in [0.25, 0.3) is 0 Å². The molecular weight excluding hydrogens is 409 g/mol. The number of hydrogen-bond acceptors (Lipinski definition) is 5. The minimum Gasteiger partial charge on any atom is -0.451 e. The number of esters is 1. The largest absolute Gasteiger partial charge is 0.451 e. The fourth-order valence-corrected chi connectivity index (χ4v) is 4.91. The maximum absolute atomic E-state index is 13.0. The fourth-order valence-electron chi connectivity index (χ4n) is 3.35. The molecule has 0 N–H and O–H groups in total. The van der Waals surface area contributed by atoms with Crippen molar-refractivity contribution in [2.24, 2.45) is 0 Å². The summed E-state index contributed by atoms with van der Waals surface area (Å²) >= 11 is 0. The molecule has 1 saturated heterocycles. The van der Waals surface area contributed by atoms with Crippen molar-refractivity contribution < 1.29 is 27.1 Å². The number of halogens is 1. The van der Waals surface area contributed by atoms with Crippen molar-refractivity contribution in [3.63, 3.8) is 0 Å². The minimum absolute atomic E-state index is 0.0244. The summed E-state index contributed by atoms with van der Waals surface area (Å²) in [7, 11) is -3.71. The van der Waals surface area contributed by atoms with Crippen LogP contribution >= 0.6 is 0 Å². The van der Waals surface area contributed by atoms with Gasteiger partial charge in [-0.15, -0.1) is 0 Å². The number of benzene rings is 2. The average molecular weight is 434 g/mol. The van der Waals surface area contributed by atoms with Crippen LogP contribution in [-0.4, -0.2) is 43.7 Å². The lowest BCUT2D eigenvalue weighted by Gasteiger charge is -2.20. The predicted octanol–water partition coefficient (Wildman–Crippen LogP) is 3.82. The molecule has 1 aliphatic rings. The molecule has 1 aliphatic heterocycles. The highest BCUT2D eigenvalue weighted by molar-refractivity contribution is 7.89. The second-order valence-corrected chi connectivity index (χ2v) is 9.20. The quantitative estimate of drug-likeness (QED) is 0.511. The number of carbonyl (C=O) groups is 2. The number of nitrogens with zero attached hydrogens (tertiary/aromatic N) is 1. The van der Waals surface area contributed by atoms with E-state index in [4.69, 9.17) is 4.74 Å². The van der Waals surface area contributed by atoms with Gasteiger partial charge in [0.2, 0.25) is 15.8 Å². The van der Waals surface area contributed by atoms with Gasteiger partial charge in [-0.05, 0) is 62.2 Å². The molecule has 0 aromatic heterocycles. The second-order valence-electron chi connectivity index (χ2n) is 7.26. The summed E-state index contributed by atoms with van der Waals surface area (Å²) in [4.78, 5) is 24.9. The summed E-state index contributed by atoms with van der Waals surface area (Å²) in [6.07, 6.45) is 2.51. The van der Waals surface area contributed by atoms with E-state index in [0.717, 1.165) is 37.8 Å². The van der Waals surface area contributed by atoms with Gasteiger partial charge < -0.3 is 4.74 Å². The van der Waals surface area contributed by atoms with E-state index in [0.29, 0.717) is 13.1 Å². The number of Topliss-reactive ketones (excluding diaryl/α,β-unsaturated/α-hetero) is 1. The van der Waals surface area contributed by atoms with E-state index in [1.54, 1.807) is 0 Å². The summed E-state index contributed by atoms with van der Waals surface area (Å²) in [6, 6.07) is 10.6. The lowest BCUT2D eigenvalue weighted by Crippen LogP contribution is -2.32. The molecule has 0 bridgehead atoms. The van der Waals surface area contributed by atoms with Crippen LogP contribution in [0.5, 0.6) is 0 Å². The molecule has 0 radical (unpaired) electrons. The highest BCUT2D eigenvalue weighted by Gasteiger charge is 2.27. The summed E-state index contributed by atoms with van der Waals surface area (Å²) in [5, 5.41) is 0. The van der Waals surface area contributed by atoms with Gasteiger partial charge in [0, 0.05) is 18.7 Å². The van der Waals surface area contributed by atoms with Gasteiger partial charge in [-0.2, -0.15) is 4.31 Å². The highest BCUT2D eigenvalue weighted by Crippen LogP contribution is 2.22. The zero-order valence-electron chi connectivity index (χ0n) is 16.7. The van der Waals surface area contributed by atoms with E-state index in [9.17, 15) is 22.4 Å². The van der Waals surface area contributed by atoms with Crippen LogP contribution in [0.2, 0.25) is 0 Å². The summed E-state index contributed by atoms with van der Waals surface area (Å²) < 4.78 is 45.6. The van der Waals surface area contributed by atoms with E-state index >= 15 is 0 Å². The third-order valence-corrected chi connectivity index (χ3v) is 6.95. The lowest BCUT2D eigenvalue weighted by molar-refractivity contribution is 0.0318. The first kappa shape index (κ1) is 22.1. The maximum Gasteiger partial charge on any atom is 0.338 e. The van der Waals surface area contributed by atoms with E-state index in [1.165, 1.54) is 47.6 Å². The Labute approximate surface area is 175 Å². The lowest BCUT2D eigenvalue weighted by atomic mass is 10.1. The fraction of sp³-hybridized carbons (Fsp3) is 0.364. The topological polar surface area (TPSA) is 80.8 Å². The predicted molar refractivity (Wildman–Crippen MR) is 109 cm³/mol. The molecule has 1 fully saturated rings. The van der Waals surface area contributed by atoms with Crippen LogP contribution < -0.4 is 0 Å². The molecule has 1 unspecified atom stereocenters. The smallest absolute Gasteiger partial charge is 0.338 e. The third-order valence-electron chi connectivity index (χ3n) is 5.05. The van der Waals surface area contributed by atoms with Crippen LogP contribution in [0.4, 0.5) is 4.39 Å². The molecule has 0 aliphatic carbocycles. The van der Waals surface area contributed by atoms with Gasteiger partial charge in [-0.25, -0.2) is 17.6 Å². The van der Waals surface area contributed by atoms with Crippen LogP contribution in [0, 0.1) is 5.82 Å². The molecule has 8 heteroatoms. The van der Waals surface area contributed by atoms with E-state index in [-0.39, 0.29) is 16.0 Å². The Balaban J connectivity index is 1.74. The van der Waals surface area contributed by atoms with Crippen molar-refractivity contribution >= 4 is 21.8 Å². The molecule has 30 heavy (non-hydrogen) atoms. The Morgan fingerprint density at radius 2 is 1.60 bits per heavy atom. The standard InChI is InChI=1S/C22H24FNO5S/c1-16(21(25)17-9-11-19(23)12-10-17)29-22(26)18-7-6-8-20(15-18)30(27,28)24-13-4-2-3-5-14-24/h6-12,15-16H,2-5,13-14H2,1H3. The molecule has 1 heterocycles. The maximum atomic E-state index is 13.0. The van der Waals surface area contributed by atoms with Crippen molar-refractivity contribution in [2.45, 2.75) is 43.6 Å². The van der Waals surface area contributed by atoms with E-state index < -0.39 is 33.7 Å². The number of ether oxygens (including phenoxy) is 1. The first-order chi connectivity index (χ1) is 14.3. The van der Waals surface area contributed by atoms with Crippen LogP contribution in [-0.2, 0) is 14.8 Å². The second kappa shape index (κ2) is 9.49. The van der Waals surface area contributed by atoms with Crippen LogP contribution in [0.25, 0.3) is 0 Å². The zero-order chi connectivity index (χ0) is 21.7. The Bertz CT molecular complexity index is 1010. The van der Waals surface area contributed by atoms with E-state index in [1.807, 2.05) is 0 Å². The third kappa shape index (κ3) is 5.12. The summed E-state index contributed by atoms with van der Waals surface area (Å²) in [5.74, 6) is -1.75. The van der Waals surface area contributed by atoms with Gasteiger partial charge in [0.05, 0.1) is 10.5 Å². The molecular formula is C22H24FNO5S. The number of sulfonamides is 1. The first-order valence-electron chi connectivity index (χ1n) is 9.90. The number of rotatable bonds is 6. The average Bonchev–Trinajstić information content (AvgIpc) is 3.04. The molecule has 3 rings (SSSR count). The highest BCUT2D eigenvalue weighted by atomic mass is 32.2. The number of carbonyl (C=O) groups excluding carboxylic acids is 2. The zero-order valence-corrected chi connectivity index (χ0v) is 17.5. The van der Waals surface area contributed by atoms with Gasteiger partial charge in [-0.3, -0.25) is 4.79 Å². The Morgan fingerprint density at radius 1 is 0.967 bits per heavy atom. The molecule has 0 saturated carbocycles. The van der Waals surface area contributed by atoms with Crippen LogP contribution in [0.1, 0.15) is 53.3 Å². The number of hydrogen-bond donors (Lipinski definition) is 0. The van der Waals surface area contributed by atoms with Crippen molar-refractivity contribution in [3.05, 3.63) is 65.5 Å². The molecule has 160 valence electrons. The van der Waals surface area contributed by atoms with Gasteiger partial charge in [0.1, 0.15) is 5.82 Å². The molecule has 6 nitrogen and oxygen atoms in total. The van der Waals surface area contributed by atoms with Crippen molar-refractivity contribution in [3.8, 4) is 0 Å². The molecule has 0 amide bonds. The van der Waals surface area contributed by atoms with Crippen molar-refractivity contribution in [2.75, 3.05) is 13.1 Å². The molecule has 2 aromatic carbocycles. The summed E-state index contributed by atoms with van der Waals surface area (Å²) in [5.41, 5.74) is 0.263. The monoisotopic (exact) mass is 433 g/mol. The Kier molecular flexibility index (Phi) is 6.99. The normalized spacial score (nSPS) is 16.5. The Morgan fingerprint density at radius 3 is 2.23 bits per heavy atom. The SMILES string of the molecule is CC(OC(=O)c1cccc(S(=O)(=O)N2CCCCCC2)c1)C(=O)c1ccc(F)cc1. The van der Waals surface area contributed by atoms with Crippen molar-refractivity contribution in [1.82, 2.24) is 4.31 Å². The van der Waals surface area contributed by atoms with Crippen molar-refractivity contribution in [1.29, 1.82) is 0 Å². The van der Waals surface area contributed by atoms with E-state index in [2.05, 4.69) is 0 Å². The molecule has 1 atom stereocenters. The molecule has 0 spiro atoms. The van der Waals surface area contributed by atoms with Crippen LogP contribution in [0.3, 0.4) is 0 Å². The first-order valence-corrected chi connectivity index (χ1v) is 11.3. The molecule has 2 aromatic rings. The van der Waals surface area contributed by atoms with Crippen LogP contribution in [0.15, 0.2) is 53.4 Å². The van der Waals surface area contributed by atoms with Gasteiger partial charge in [0.15, 0.2) is 6.10 Å². The van der Waals surface area contributed by atoms with Gasteiger partial charge in [-0.1, -0.05) is 18.9 Å². The Hall–Kier alpha value is -2.58. The van der Waals surface area contributed by atoms with Gasteiger partial charge >= 0.3 is 5.97 Å². The summed E-state index contributed by atoms with van der Waals surface area (Å²) in [6.45, 7) is 2.34. The minimum atomic E-state index is -3.71. The number of ketones is 1.